The summed E-state index contributed by atoms with van der Waals surface area (Å²) in [7, 11) is 0. The van der Waals surface area contributed by atoms with Crippen molar-refractivity contribution in [3.05, 3.63) is 41.2 Å². The van der Waals surface area contributed by atoms with E-state index in [2.05, 4.69) is 36.3 Å². The predicted octanol–water partition coefficient (Wildman–Crippen LogP) is 3.58. The molecule has 5 heteroatoms. The second-order valence-corrected chi connectivity index (χ2v) is 7.51. The zero-order valence-electron chi connectivity index (χ0n) is 14.5. The first-order valence-corrected chi connectivity index (χ1v) is 9.00. The van der Waals surface area contributed by atoms with Crippen LogP contribution < -0.4 is 5.73 Å². The number of ether oxygens (including phenoxy) is 1. The average molecular weight is 326 g/mol. The molecule has 0 amide bonds. The van der Waals surface area contributed by atoms with Gasteiger partial charge in [0.05, 0.1) is 11.4 Å². The topological polar surface area (TPSA) is 66.0 Å². The number of nitrogens with zero attached hydrogens (tertiary/aromatic N) is 3. The minimum atomic E-state index is -0.0498. The monoisotopic (exact) mass is 326 g/mol. The molecule has 1 aliphatic carbocycles. The van der Waals surface area contributed by atoms with Crippen molar-refractivity contribution in [1.82, 2.24) is 15.0 Å². The fraction of sp³-hybridized carbons (Fsp3) is 0.579. The van der Waals surface area contributed by atoms with Gasteiger partial charge >= 0.3 is 0 Å². The number of anilines is 1. The third-order valence-electron chi connectivity index (χ3n) is 5.64. The molecule has 0 spiro atoms. The standard InChI is InChI=1S/C19H26N4O/c1-13-11-19(12-13,15-6-5-7-16(20)10-15)18-14(2)23(22-21-18)17-8-3-4-9-24-17/h5-7,10,13,17H,3-4,8-9,11-12,20H2,1-2H3. The van der Waals surface area contributed by atoms with E-state index < -0.39 is 0 Å². The molecule has 4 rings (SSSR count). The van der Waals surface area contributed by atoms with Crippen LogP contribution in [-0.4, -0.2) is 21.6 Å². The largest absolute Gasteiger partial charge is 0.399 e. The van der Waals surface area contributed by atoms with Gasteiger partial charge in [0.1, 0.15) is 0 Å². The molecule has 0 radical (unpaired) electrons. The molecule has 128 valence electrons. The zero-order valence-corrected chi connectivity index (χ0v) is 14.5. The summed E-state index contributed by atoms with van der Waals surface area (Å²) in [6.07, 6.45) is 5.59. The van der Waals surface area contributed by atoms with Crippen molar-refractivity contribution in [2.75, 3.05) is 12.3 Å². The van der Waals surface area contributed by atoms with Crippen molar-refractivity contribution in [3.8, 4) is 0 Å². The maximum absolute atomic E-state index is 6.05. The van der Waals surface area contributed by atoms with E-state index in [0.717, 1.165) is 49.4 Å². The van der Waals surface area contributed by atoms with E-state index in [0.29, 0.717) is 5.92 Å². The van der Waals surface area contributed by atoms with Gasteiger partial charge < -0.3 is 10.5 Å². The van der Waals surface area contributed by atoms with Gasteiger partial charge in [-0.1, -0.05) is 24.3 Å². The summed E-state index contributed by atoms with van der Waals surface area (Å²) < 4.78 is 7.90. The van der Waals surface area contributed by atoms with Crippen molar-refractivity contribution < 1.29 is 4.74 Å². The van der Waals surface area contributed by atoms with Crippen LogP contribution in [0.15, 0.2) is 24.3 Å². The third kappa shape index (κ3) is 2.42. The highest BCUT2D eigenvalue weighted by Gasteiger charge is 2.48. The molecule has 1 saturated carbocycles. The van der Waals surface area contributed by atoms with Crippen molar-refractivity contribution >= 4 is 5.69 Å². The van der Waals surface area contributed by atoms with E-state index in [1.54, 1.807) is 0 Å². The van der Waals surface area contributed by atoms with Crippen molar-refractivity contribution in [2.24, 2.45) is 5.92 Å². The quantitative estimate of drug-likeness (QED) is 0.876. The number of nitrogens with two attached hydrogens (primary N) is 1. The van der Waals surface area contributed by atoms with Gasteiger partial charge in [-0.3, -0.25) is 0 Å². The second kappa shape index (κ2) is 5.88. The summed E-state index contributed by atoms with van der Waals surface area (Å²) in [4.78, 5) is 0. The fourth-order valence-corrected chi connectivity index (χ4v) is 4.51. The Balaban J connectivity index is 1.74. The van der Waals surface area contributed by atoms with Gasteiger partial charge in [0.15, 0.2) is 6.23 Å². The minimum absolute atomic E-state index is 0.0374. The Morgan fingerprint density at radius 2 is 2.12 bits per heavy atom. The summed E-state index contributed by atoms with van der Waals surface area (Å²) in [5, 5.41) is 9.09. The van der Waals surface area contributed by atoms with Crippen molar-refractivity contribution in [3.63, 3.8) is 0 Å². The van der Waals surface area contributed by atoms with Gasteiger partial charge in [-0.05, 0) is 62.6 Å². The van der Waals surface area contributed by atoms with E-state index in [1.165, 1.54) is 12.0 Å². The van der Waals surface area contributed by atoms with Crippen LogP contribution in [0, 0.1) is 12.8 Å². The molecule has 1 atom stereocenters. The smallest absolute Gasteiger partial charge is 0.152 e. The van der Waals surface area contributed by atoms with Crippen LogP contribution in [0.1, 0.15) is 62.2 Å². The minimum Gasteiger partial charge on any atom is -0.399 e. The highest BCUT2D eigenvalue weighted by Crippen LogP contribution is 2.52. The Kier molecular flexibility index (Phi) is 3.83. The molecule has 24 heavy (non-hydrogen) atoms. The van der Waals surface area contributed by atoms with Crippen LogP contribution in [0.25, 0.3) is 0 Å². The molecular weight excluding hydrogens is 300 g/mol. The number of nitrogen functional groups attached to an aromatic ring is 1. The maximum atomic E-state index is 6.05. The highest BCUT2D eigenvalue weighted by molar-refractivity contribution is 5.48. The Bertz CT molecular complexity index is 727. The number of rotatable bonds is 3. The molecule has 5 nitrogen and oxygen atoms in total. The second-order valence-electron chi connectivity index (χ2n) is 7.51. The SMILES string of the molecule is Cc1c(C2(c3cccc(N)c3)CC(C)C2)nnn1C1CCCCO1. The van der Waals surface area contributed by atoms with Crippen LogP contribution >= 0.6 is 0 Å². The van der Waals surface area contributed by atoms with Gasteiger partial charge in [0.25, 0.3) is 0 Å². The molecule has 1 unspecified atom stereocenters. The summed E-state index contributed by atoms with van der Waals surface area (Å²) >= 11 is 0. The maximum Gasteiger partial charge on any atom is 0.152 e. The van der Waals surface area contributed by atoms with Crippen LogP contribution in [0.2, 0.25) is 0 Å². The number of benzene rings is 1. The number of hydrogen-bond donors (Lipinski definition) is 1. The zero-order chi connectivity index (χ0) is 16.7. The van der Waals surface area contributed by atoms with Crippen LogP contribution in [0.3, 0.4) is 0 Å². The lowest BCUT2D eigenvalue weighted by Crippen LogP contribution is -2.42. The number of hydrogen-bond acceptors (Lipinski definition) is 4. The summed E-state index contributed by atoms with van der Waals surface area (Å²) in [5.41, 5.74) is 10.3. The van der Waals surface area contributed by atoms with E-state index >= 15 is 0 Å². The molecule has 1 aromatic carbocycles. The molecular formula is C19H26N4O. The van der Waals surface area contributed by atoms with Gasteiger partial charge in [0.2, 0.25) is 0 Å². The summed E-state index contributed by atoms with van der Waals surface area (Å²) in [6, 6.07) is 8.26. The van der Waals surface area contributed by atoms with Gasteiger partial charge in [-0.2, -0.15) is 0 Å². The fourth-order valence-electron chi connectivity index (χ4n) is 4.51. The Morgan fingerprint density at radius 3 is 2.79 bits per heavy atom. The van der Waals surface area contributed by atoms with E-state index in [-0.39, 0.29) is 11.6 Å². The normalized spacial score (nSPS) is 30.1. The molecule has 2 N–H and O–H groups in total. The van der Waals surface area contributed by atoms with Crippen molar-refractivity contribution in [1.29, 1.82) is 0 Å². The molecule has 2 heterocycles. The summed E-state index contributed by atoms with van der Waals surface area (Å²) in [5.74, 6) is 0.696. The van der Waals surface area contributed by atoms with E-state index in [4.69, 9.17) is 10.5 Å². The molecule has 0 bridgehead atoms. The Labute approximate surface area is 143 Å². The first-order valence-electron chi connectivity index (χ1n) is 9.00. The highest BCUT2D eigenvalue weighted by atomic mass is 16.5. The van der Waals surface area contributed by atoms with Gasteiger partial charge in [-0.25, -0.2) is 4.68 Å². The van der Waals surface area contributed by atoms with Crippen LogP contribution in [0.4, 0.5) is 5.69 Å². The van der Waals surface area contributed by atoms with Crippen LogP contribution in [0.5, 0.6) is 0 Å². The first kappa shape index (κ1) is 15.6. The average Bonchev–Trinajstić information content (AvgIpc) is 2.94. The van der Waals surface area contributed by atoms with Crippen LogP contribution in [-0.2, 0) is 10.2 Å². The molecule has 2 aromatic rings. The summed E-state index contributed by atoms with van der Waals surface area (Å²) in [6.45, 7) is 5.25. The Morgan fingerprint density at radius 1 is 1.29 bits per heavy atom. The lowest BCUT2D eigenvalue weighted by molar-refractivity contribution is -0.0417. The lowest BCUT2D eigenvalue weighted by atomic mass is 9.57. The number of aromatic nitrogens is 3. The third-order valence-corrected chi connectivity index (χ3v) is 5.64. The molecule has 2 aliphatic rings. The lowest BCUT2D eigenvalue weighted by Gasteiger charge is -2.46. The van der Waals surface area contributed by atoms with Crippen molar-refractivity contribution in [2.45, 2.75) is 57.6 Å². The van der Waals surface area contributed by atoms with E-state index in [9.17, 15) is 0 Å². The van der Waals surface area contributed by atoms with Gasteiger partial charge in [0, 0.05) is 17.7 Å². The molecule has 2 fully saturated rings. The molecule has 1 aliphatic heterocycles. The Hall–Kier alpha value is -1.88. The first-order chi connectivity index (χ1) is 11.6. The molecule has 1 saturated heterocycles. The molecule has 1 aromatic heterocycles. The van der Waals surface area contributed by atoms with Gasteiger partial charge in [-0.15, -0.1) is 5.10 Å². The predicted molar refractivity (Wildman–Crippen MR) is 93.6 cm³/mol. The van der Waals surface area contributed by atoms with E-state index in [1.807, 2.05) is 16.8 Å².